The van der Waals surface area contributed by atoms with E-state index in [1.165, 1.54) is 0 Å². The van der Waals surface area contributed by atoms with Gasteiger partial charge in [0.15, 0.2) is 6.10 Å². The lowest BCUT2D eigenvalue weighted by molar-refractivity contribution is -0.201. The van der Waals surface area contributed by atoms with E-state index < -0.39 is 30.8 Å². The topological polar surface area (TPSA) is 75.4 Å². The maximum Gasteiger partial charge on any atom is 0.416 e. The molecule has 1 amide bonds. The van der Waals surface area contributed by atoms with Gasteiger partial charge in [-0.15, -0.1) is 0 Å². The van der Waals surface area contributed by atoms with Crippen molar-refractivity contribution in [3.63, 3.8) is 0 Å². The lowest BCUT2D eigenvalue weighted by atomic mass is 10.1. The van der Waals surface area contributed by atoms with Crippen LogP contribution in [0.1, 0.15) is 5.56 Å². The van der Waals surface area contributed by atoms with Gasteiger partial charge in [0.1, 0.15) is 0 Å². The minimum Gasteiger partial charge on any atom is -0.382 e. The highest BCUT2D eigenvalue weighted by atomic mass is 19.4. The number of carbonyl (C=O) groups is 1. The molecule has 0 fully saturated rings. The standard InChI is InChI=1S/C12H15F3N2O2/c13-12(14,15)10(18)7-17-11(19)9(16)6-8-4-2-1-3-5-8/h1-5,9-10,18H,6-7,16H2,(H,17,19). The molecular weight excluding hydrogens is 261 g/mol. The van der Waals surface area contributed by atoms with Crippen molar-refractivity contribution in [2.75, 3.05) is 6.54 Å². The number of alkyl halides is 3. The van der Waals surface area contributed by atoms with Crippen molar-refractivity contribution in [2.24, 2.45) is 5.73 Å². The third kappa shape index (κ3) is 5.27. The van der Waals surface area contributed by atoms with Crippen molar-refractivity contribution in [3.05, 3.63) is 35.9 Å². The van der Waals surface area contributed by atoms with Gasteiger partial charge in [0.25, 0.3) is 0 Å². The summed E-state index contributed by atoms with van der Waals surface area (Å²) in [5, 5.41) is 10.7. The van der Waals surface area contributed by atoms with Crippen LogP contribution in [0.5, 0.6) is 0 Å². The van der Waals surface area contributed by atoms with Gasteiger partial charge in [-0.1, -0.05) is 30.3 Å². The molecule has 4 nitrogen and oxygen atoms in total. The van der Waals surface area contributed by atoms with E-state index in [9.17, 15) is 18.0 Å². The molecule has 0 aromatic heterocycles. The molecule has 19 heavy (non-hydrogen) atoms. The van der Waals surface area contributed by atoms with Gasteiger partial charge in [0, 0.05) is 0 Å². The Kier molecular flexibility index (Phi) is 5.31. The fourth-order valence-corrected chi connectivity index (χ4v) is 1.40. The van der Waals surface area contributed by atoms with E-state index in [4.69, 9.17) is 10.8 Å². The van der Waals surface area contributed by atoms with Crippen molar-refractivity contribution in [1.29, 1.82) is 0 Å². The van der Waals surface area contributed by atoms with Gasteiger partial charge in [-0.2, -0.15) is 13.2 Å². The minimum atomic E-state index is -4.75. The quantitative estimate of drug-likeness (QED) is 0.737. The SMILES string of the molecule is NC(Cc1ccccc1)C(=O)NCC(O)C(F)(F)F. The predicted octanol–water partition coefficient (Wildman–Crippen LogP) is 0.596. The lowest BCUT2D eigenvalue weighted by Gasteiger charge is -2.17. The van der Waals surface area contributed by atoms with Crippen molar-refractivity contribution in [2.45, 2.75) is 24.7 Å². The van der Waals surface area contributed by atoms with Crippen LogP contribution in [0.4, 0.5) is 13.2 Å². The molecule has 2 atom stereocenters. The van der Waals surface area contributed by atoms with Crippen molar-refractivity contribution < 1.29 is 23.1 Å². The Hall–Kier alpha value is -1.60. The molecule has 0 bridgehead atoms. The van der Waals surface area contributed by atoms with Gasteiger partial charge in [0.2, 0.25) is 5.91 Å². The summed E-state index contributed by atoms with van der Waals surface area (Å²) in [6.45, 7) is -0.898. The maximum atomic E-state index is 12.0. The minimum absolute atomic E-state index is 0.217. The third-order valence-corrected chi connectivity index (χ3v) is 2.48. The van der Waals surface area contributed by atoms with Crippen molar-refractivity contribution in [1.82, 2.24) is 5.32 Å². The average Bonchev–Trinajstić information content (AvgIpc) is 2.35. The van der Waals surface area contributed by atoms with E-state index in [1.54, 1.807) is 30.3 Å². The smallest absolute Gasteiger partial charge is 0.382 e. The summed E-state index contributed by atoms with van der Waals surface area (Å²) in [7, 11) is 0. The number of amides is 1. The molecule has 1 rings (SSSR count). The van der Waals surface area contributed by atoms with Gasteiger partial charge >= 0.3 is 6.18 Å². The number of hydrogen-bond acceptors (Lipinski definition) is 3. The molecule has 0 heterocycles. The molecule has 0 aliphatic heterocycles. The number of halogens is 3. The lowest BCUT2D eigenvalue weighted by Crippen LogP contribution is -2.47. The Morgan fingerprint density at radius 1 is 1.32 bits per heavy atom. The first-order valence-corrected chi connectivity index (χ1v) is 5.62. The number of nitrogens with one attached hydrogen (secondary N) is 1. The molecule has 1 aromatic rings. The molecule has 0 radical (unpaired) electrons. The van der Waals surface area contributed by atoms with Gasteiger partial charge in [-0.05, 0) is 12.0 Å². The van der Waals surface area contributed by atoms with E-state index >= 15 is 0 Å². The Labute approximate surface area is 108 Å². The van der Waals surface area contributed by atoms with Crippen LogP contribution in [-0.4, -0.2) is 35.9 Å². The molecule has 7 heteroatoms. The molecule has 0 saturated carbocycles. The molecule has 0 spiro atoms. The van der Waals surface area contributed by atoms with Gasteiger partial charge < -0.3 is 16.2 Å². The van der Waals surface area contributed by atoms with Crippen LogP contribution in [0.2, 0.25) is 0 Å². The van der Waals surface area contributed by atoms with E-state index in [-0.39, 0.29) is 6.42 Å². The van der Waals surface area contributed by atoms with E-state index in [0.29, 0.717) is 0 Å². The number of aliphatic hydroxyl groups excluding tert-OH is 1. The maximum absolute atomic E-state index is 12.0. The zero-order valence-electron chi connectivity index (χ0n) is 10.0. The monoisotopic (exact) mass is 276 g/mol. The molecule has 0 saturated heterocycles. The second-order valence-corrected chi connectivity index (χ2v) is 4.10. The number of carbonyl (C=O) groups excluding carboxylic acids is 1. The van der Waals surface area contributed by atoms with Crippen LogP contribution in [0.15, 0.2) is 30.3 Å². The highest BCUT2D eigenvalue weighted by Crippen LogP contribution is 2.19. The van der Waals surface area contributed by atoms with Crippen LogP contribution in [-0.2, 0) is 11.2 Å². The summed E-state index contributed by atoms with van der Waals surface area (Å²) in [5.74, 6) is -0.729. The number of rotatable bonds is 5. The number of hydrogen-bond donors (Lipinski definition) is 3. The van der Waals surface area contributed by atoms with Crippen molar-refractivity contribution in [3.8, 4) is 0 Å². The van der Waals surface area contributed by atoms with E-state index in [2.05, 4.69) is 0 Å². The molecule has 2 unspecified atom stereocenters. The molecular formula is C12H15F3N2O2. The number of benzene rings is 1. The summed E-state index contributed by atoms with van der Waals surface area (Å²) in [6, 6.07) is 7.91. The Morgan fingerprint density at radius 3 is 2.42 bits per heavy atom. The first kappa shape index (κ1) is 15.5. The Balaban J connectivity index is 2.41. The second-order valence-electron chi connectivity index (χ2n) is 4.10. The summed E-state index contributed by atoms with van der Waals surface area (Å²) < 4.78 is 36.0. The first-order valence-electron chi connectivity index (χ1n) is 5.62. The number of aliphatic hydroxyl groups is 1. The van der Waals surface area contributed by atoms with E-state index in [1.807, 2.05) is 5.32 Å². The van der Waals surface area contributed by atoms with Crippen LogP contribution < -0.4 is 11.1 Å². The van der Waals surface area contributed by atoms with E-state index in [0.717, 1.165) is 5.56 Å². The van der Waals surface area contributed by atoms with Crippen LogP contribution in [0, 0.1) is 0 Å². The van der Waals surface area contributed by atoms with Gasteiger partial charge in [-0.25, -0.2) is 0 Å². The summed E-state index contributed by atoms with van der Waals surface area (Å²) in [5.41, 5.74) is 6.38. The number of nitrogens with two attached hydrogens (primary N) is 1. The van der Waals surface area contributed by atoms with Crippen LogP contribution >= 0.6 is 0 Å². The molecule has 1 aromatic carbocycles. The molecule has 106 valence electrons. The summed E-state index contributed by atoms with van der Waals surface area (Å²) in [6.07, 6.45) is -7.12. The first-order chi connectivity index (χ1) is 8.80. The summed E-state index contributed by atoms with van der Waals surface area (Å²) in [4.78, 5) is 11.5. The zero-order valence-corrected chi connectivity index (χ0v) is 10.0. The molecule has 4 N–H and O–H groups in total. The second kappa shape index (κ2) is 6.53. The largest absolute Gasteiger partial charge is 0.416 e. The summed E-state index contributed by atoms with van der Waals surface area (Å²) >= 11 is 0. The van der Waals surface area contributed by atoms with Crippen LogP contribution in [0.3, 0.4) is 0 Å². The van der Waals surface area contributed by atoms with Gasteiger partial charge in [-0.3, -0.25) is 4.79 Å². The Morgan fingerprint density at radius 2 is 1.89 bits per heavy atom. The fraction of sp³-hybridized carbons (Fsp3) is 0.417. The predicted molar refractivity (Wildman–Crippen MR) is 63.2 cm³/mol. The average molecular weight is 276 g/mol. The van der Waals surface area contributed by atoms with Gasteiger partial charge in [0.05, 0.1) is 12.6 Å². The van der Waals surface area contributed by atoms with Crippen molar-refractivity contribution >= 4 is 5.91 Å². The highest BCUT2D eigenvalue weighted by Gasteiger charge is 2.38. The normalized spacial score (nSPS) is 14.8. The third-order valence-electron chi connectivity index (χ3n) is 2.48. The zero-order chi connectivity index (χ0) is 14.5. The molecule has 0 aliphatic rings. The van der Waals surface area contributed by atoms with Crippen LogP contribution in [0.25, 0.3) is 0 Å². The fourth-order valence-electron chi connectivity index (χ4n) is 1.40. The Bertz CT molecular complexity index is 409. The highest BCUT2D eigenvalue weighted by molar-refractivity contribution is 5.81. The molecule has 0 aliphatic carbocycles.